The van der Waals surface area contributed by atoms with Crippen LogP contribution in [0.25, 0.3) is 0 Å². The quantitative estimate of drug-likeness (QED) is 0.818. The third-order valence-electron chi connectivity index (χ3n) is 3.39. The Bertz CT molecular complexity index is 444. The smallest absolute Gasteiger partial charge is 0.416 e. The van der Waals surface area contributed by atoms with Gasteiger partial charge in [0.15, 0.2) is 0 Å². The van der Waals surface area contributed by atoms with Gasteiger partial charge in [0.1, 0.15) is 6.61 Å². The summed E-state index contributed by atoms with van der Waals surface area (Å²) in [6.45, 7) is 2.58. The fourth-order valence-corrected chi connectivity index (χ4v) is 2.24. The number of amides is 2. The molecule has 102 valence electrons. The van der Waals surface area contributed by atoms with Crippen molar-refractivity contribution in [2.75, 3.05) is 13.2 Å². The second-order valence-electron chi connectivity index (χ2n) is 4.88. The largest absolute Gasteiger partial charge is 0.447 e. The van der Waals surface area contributed by atoms with E-state index in [9.17, 15) is 9.59 Å². The molecule has 1 heterocycles. The van der Waals surface area contributed by atoms with Crippen molar-refractivity contribution in [2.24, 2.45) is 5.92 Å². The van der Waals surface area contributed by atoms with Gasteiger partial charge in [-0.15, -0.1) is 0 Å². The molecule has 0 N–H and O–H groups in total. The zero-order valence-corrected chi connectivity index (χ0v) is 11.2. The summed E-state index contributed by atoms with van der Waals surface area (Å²) < 4.78 is 4.78. The normalized spacial score (nSPS) is 16.3. The SMILES string of the molecule is CC(CCCc1ccccc1)C(=O)N1CCOC1=O. The van der Waals surface area contributed by atoms with Crippen LogP contribution in [0.15, 0.2) is 30.3 Å². The molecule has 0 saturated carbocycles. The molecule has 4 heteroatoms. The van der Waals surface area contributed by atoms with E-state index in [4.69, 9.17) is 4.74 Å². The molecular weight excluding hydrogens is 242 g/mol. The van der Waals surface area contributed by atoms with E-state index in [0.717, 1.165) is 19.3 Å². The number of carbonyl (C=O) groups excluding carboxylic acids is 2. The van der Waals surface area contributed by atoms with Crippen molar-refractivity contribution in [1.82, 2.24) is 4.90 Å². The van der Waals surface area contributed by atoms with E-state index < -0.39 is 6.09 Å². The van der Waals surface area contributed by atoms with Crippen LogP contribution < -0.4 is 0 Å². The zero-order chi connectivity index (χ0) is 13.7. The van der Waals surface area contributed by atoms with E-state index in [1.54, 1.807) is 0 Å². The summed E-state index contributed by atoms with van der Waals surface area (Å²) in [5.41, 5.74) is 1.28. The average molecular weight is 261 g/mol. The van der Waals surface area contributed by atoms with Crippen LogP contribution in [0.4, 0.5) is 4.79 Å². The number of imide groups is 1. The number of carbonyl (C=O) groups is 2. The first kappa shape index (κ1) is 13.6. The molecule has 1 aromatic carbocycles. The molecule has 1 atom stereocenters. The van der Waals surface area contributed by atoms with Gasteiger partial charge in [0.25, 0.3) is 0 Å². The van der Waals surface area contributed by atoms with Crippen LogP contribution in [0.3, 0.4) is 0 Å². The van der Waals surface area contributed by atoms with E-state index in [0.29, 0.717) is 13.2 Å². The van der Waals surface area contributed by atoms with E-state index in [1.165, 1.54) is 10.5 Å². The Hall–Kier alpha value is -1.84. The Morgan fingerprint density at radius 3 is 2.74 bits per heavy atom. The van der Waals surface area contributed by atoms with Crippen molar-refractivity contribution in [3.63, 3.8) is 0 Å². The van der Waals surface area contributed by atoms with Gasteiger partial charge < -0.3 is 4.74 Å². The molecule has 1 saturated heterocycles. The highest BCUT2D eigenvalue weighted by Crippen LogP contribution is 2.15. The Balaban J connectivity index is 1.76. The predicted molar refractivity (Wildman–Crippen MR) is 71.6 cm³/mol. The lowest BCUT2D eigenvalue weighted by Crippen LogP contribution is -2.35. The summed E-state index contributed by atoms with van der Waals surface area (Å²) in [7, 11) is 0. The first-order valence-corrected chi connectivity index (χ1v) is 6.70. The first-order valence-electron chi connectivity index (χ1n) is 6.70. The van der Waals surface area contributed by atoms with Crippen molar-refractivity contribution in [3.8, 4) is 0 Å². The maximum absolute atomic E-state index is 12.0. The number of ether oxygens (including phenoxy) is 1. The molecule has 2 amide bonds. The maximum atomic E-state index is 12.0. The van der Waals surface area contributed by atoms with Crippen molar-refractivity contribution in [3.05, 3.63) is 35.9 Å². The number of hydrogen-bond donors (Lipinski definition) is 0. The van der Waals surface area contributed by atoms with Crippen LogP contribution in [-0.2, 0) is 16.0 Å². The number of aryl methyl sites for hydroxylation is 1. The van der Waals surface area contributed by atoms with Crippen LogP contribution in [0.5, 0.6) is 0 Å². The van der Waals surface area contributed by atoms with Gasteiger partial charge in [-0.2, -0.15) is 0 Å². The monoisotopic (exact) mass is 261 g/mol. The maximum Gasteiger partial charge on any atom is 0.416 e. The van der Waals surface area contributed by atoms with Gasteiger partial charge in [-0.05, 0) is 24.8 Å². The number of rotatable bonds is 5. The van der Waals surface area contributed by atoms with Gasteiger partial charge in [0.05, 0.1) is 6.54 Å². The first-order chi connectivity index (χ1) is 9.18. The number of nitrogens with zero attached hydrogens (tertiary/aromatic N) is 1. The molecule has 0 aliphatic carbocycles. The van der Waals surface area contributed by atoms with Crippen molar-refractivity contribution < 1.29 is 14.3 Å². The molecular formula is C15H19NO3. The second kappa shape index (κ2) is 6.36. The predicted octanol–water partition coefficient (Wildman–Crippen LogP) is 2.62. The molecule has 0 spiro atoms. The van der Waals surface area contributed by atoms with Crippen molar-refractivity contribution >= 4 is 12.0 Å². The molecule has 0 radical (unpaired) electrons. The lowest BCUT2D eigenvalue weighted by atomic mass is 10.00. The highest BCUT2D eigenvalue weighted by molar-refractivity contribution is 5.94. The molecule has 2 rings (SSSR count). The lowest BCUT2D eigenvalue weighted by molar-refractivity contribution is -0.131. The molecule has 0 bridgehead atoms. The van der Waals surface area contributed by atoms with Gasteiger partial charge in [0, 0.05) is 5.92 Å². The molecule has 1 unspecified atom stereocenters. The Kier molecular flexibility index (Phi) is 4.55. The topological polar surface area (TPSA) is 46.6 Å². The van der Waals surface area contributed by atoms with Gasteiger partial charge in [-0.3, -0.25) is 4.79 Å². The van der Waals surface area contributed by atoms with E-state index in [-0.39, 0.29) is 11.8 Å². The van der Waals surface area contributed by atoms with Crippen LogP contribution in [0, 0.1) is 5.92 Å². The molecule has 0 aromatic heterocycles. The van der Waals surface area contributed by atoms with Crippen LogP contribution >= 0.6 is 0 Å². The van der Waals surface area contributed by atoms with Crippen LogP contribution in [0.2, 0.25) is 0 Å². The summed E-state index contributed by atoms with van der Waals surface area (Å²) in [5, 5.41) is 0. The lowest BCUT2D eigenvalue weighted by Gasteiger charge is -2.16. The molecule has 1 fully saturated rings. The standard InChI is InChI=1S/C15H19NO3/c1-12(14(17)16-10-11-19-15(16)18)6-5-9-13-7-3-2-4-8-13/h2-4,7-8,12H,5-6,9-11H2,1H3. The molecule has 19 heavy (non-hydrogen) atoms. The fourth-order valence-electron chi connectivity index (χ4n) is 2.24. The summed E-state index contributed by atoms with van der Waals surface area (Å²) >= 11 is 0. The van der Waals surface area contributed by atoms with Crippen LogP contribution in [0.1, 0.15) is 25.3 Å². The van der Waals surface area contributed by atoms with Crippen LogP contribution in [-0.4, -0.2) is 30.1 Å². The molecule has 1 aromatic rings. The highest BCUT2D eigenvalue weighted by Gasteiger charge is 2.31. The zero-order valence-electron chi connectivity index (χ0n) is 11.2. The summed E-state index contributed by atoms with van der Waals surface area (Å²) in [5.74, 6) is -0.245. The highest BCUT2D eigenvalue weighted by atomic mass is 16.6. The minimum absolute atomic E-state index is 0.115. The van der Waals surface area contributed by atoms with E-state index >= 15 is 0 Å². The van der Waals surface area contributed by atoms with Crippen molar-refractivity contribution in [1.29, 1.82) is 0 Å². The minimum Gasteiger partial charge on any atom is -0.447 e. The third kappa shape index (κ3) is 3.56. The second-order valence-corrected chi connectivity index (χ2v) is 4.88. The van der Waals surface area contributed by atoms with Gasteiger partial charge in [-0.1, -0.05) is 37.3 Å². The van der Waals surface area contributed by atoms with Gasteiger partial charge in [-0.25, -0.2) is 9.69 Å². The summed E-state index contributed by atoms with van der Waals surface area (Å²) in [6.07, 6.45) is 2.19. The van der Waals surface area contributed by atoms with Gasteiger partial charge >= 0.3 is 6.09 Å². The Labute approximate surface area is 113 Å². The number of benzene rings is 1. The Morgan fingerprint density at radius 1 is 1.37 bits per heavy atom. The average Bonchev–Trinajstić information content (AvgIpc) is 2.85. The minimum atomic E-state index is -0.500. The fraction of sp³-hybridized carbons (Fsp3) is 0.467. The van der Waals surface area contributed by atoms with E-state index in [2.05, 4.69) is 12.1 Å². The number of cyclic esters (lactones) is 1. The molecule has 1 aliphatic heterocycles. The van der Waals surface area contributed by atoms with Gasteiger partial charge in [0.2, 0.25) is 5.91 Å². The summed E-state index contributed by atoms with van der Waals surface area (Å²) in [4.78, 5) is 24.5. The van der Waals surface area contributed by atoms with E-state index in [1.807, 2.05) is 25.1 Å². The van der Waals surface area contributed by atoms with Crippen molar-refractivity contribution in [2.45, 2.75) is 26.2 Å². The molecule has 4 nitrogen and oxygen atoms in total. The summed E-state index contributed by atoms with van der Waals surface area (Å²) in [6, 6.07) is 10.2. The number of hydrogen-bond acceptors (Lipinski definition) is 3. The Morgan fingerprint density at radius 2 is 2.11 bits per heavy atom. The molecule has 1 aliphatic rings. The third-order valence-corrected chi connectivity index (χ3v) is 3.39.